The second-order valence-electron chi connectivity index (χ2n) is 13.2. The Kier molecular flexibility index (Phi) is 10.0. The van der Waals surface area contributed by atoms with Gasteiger partial charge < -0.3 is 15.2 Å². The minimum absolute atomic E-state index is 0.0116. The highest BCUT2D eigenvalue weighted by molar-refractivity contribution is 6.03. The molecule has 2 saturated heterocycles. The van der Waals surface area contributed by atoms with Crippen LogP contribution in [-0.4, -0.2) is 74.2 Å². The van der Waals surface area contributed by atoms with E-state index in [1.807, 2.05) is 43.3 Å². The van der Waals surface area contributed by atoms with E-state index in [0.29, 0.717) is 35.8 Å². The second kappa shape index (κ2) is 14.6. The number of carbonyl (C=O) groups excluding carboxylic acids is 3. The summed E-state index contributed by atoms with van der Waals surface area (Å²) in [4.78, 5) is 55.0. The number of carboxylic acid groups (broad SMARTS) is 1. The number of aryl methyl sites for hydroxylation is 1. The van der Waals surface area contributed by atoms with Gasteiger partial charge in [-0.2, -0.15) is 5.10 Å². The number of hydrogen-bond acceptors (Lipinski definition) is 8. The van der Waals surface area contributed by atoms with Crippen molar-refractivity contribution in [3.8, 4) is 16.9 Å². The van der Waals surface area contributed by atoms with Crippen LogP contribution in [0.3, 0.4) is 0 Å². The average Bonchev–Trinajstić information content (AvgIpc) is 3.40. The molecule has 49 heavy (non-hydrogen) atoms. The van der Waals surface area contributed by atoms with E-state index in [9.17, 15) is 24.3 Å². The molecule has 12 nitrogen and oxygen atoms in total. The minimum Gasteiger partial charge on any atom is -0.490 e. The van der Waals surface area contributed by atoms with Crippen LogP contribution in [0.5, 0.6) is 5.75 Å². The van der Waals surface area contributed by atoms with Crippen molar-refractivity contribution in [2.24, 2.45) is 13.0 Å². The second-order valence-corrected chi connectivity index (χ2v) is 13.2. The third-order valence-electron chi connectivity index (χ3n) is 9.70. The van der Waals surface area contributed by atoms with Gasteiger partial charge in [0.2, 0.25) is 17.7 Å². The van der Waals surface area contributed by atoms with Gasteiger partial charge in [-0.25, -0.2) is 9.78 Å². The molecular weight excluding hydrogens is 624 g/mol. The van der Waals surface area contributed by atoms with Crippen LogP contribution < -0.4 is 15.4 Å². The van der Waals surface area contributed by atoms with Crippen molar-refractivity contribution in [1.82, 2.24) is 25.0 Å². The van der Waals surface area contributed by atoms with Crippen molar-refractivity contribution in [2.75, 3.05) is 25.0 Å². The van der Waals surface area contributed by atoms with Crippen LogP contribution in [0.4, 0.5) is 5.69 Å². The number of aromatic nitrogens is 3. The normalized spacial score (nSPS) is 17.9. The van der Waals surface area contributed by atoms with Crippen molar-refractivity contribution in [3.63, 3.8) is 0 Å². The molecule has 0 spiro atoms. The zero-order valence-corrected chi connectivity index (χ0v) is 28.1. The van der Waals surface area contributed by atoms with Gasteiger partial charge in [0.05, 0.1) is 29.8 Å². The van der Waals surface area contributed by atoms with Crippen LogP contribution in [0.1, 0.15) is 73.1 Å². The smallest absolute Gasteiger partial charge is 0.355 e. The number of fused-ring (bicyclic) bond motifs is 1. The summed E-state index contributed by atoms with van der Waals surface area (Å²) in [5.74, 6) is -0.904. The Morgan fingerprint density at radius 1 is 1.08 bits per heavy atom. The topological polar surface area (TPSA) is 156 Å². The lowest BCUT2D eigenvalue weighted by molar-refractivity contribution is -0.134. The van der Waals surface area contributed by atoms with E-state index in [1.165, 1.54) is 6.20 Å². The maximum atomic E-state index is 13.0. The van der Waals surface area contributed by atoms with E-state index < -0.39 is 11.9 Å². The number of carbonyl (C=O) groups is 4. The van der Waals surface area contributed by atoms with Gasteiger partial charge in [-0.3, -0.25) is 29.3 Å². The van der Waals surface area contributed by atoms with E-state index in [0.717, 1.165) is 66.6 Å². The van der Waals surface area contributed by atoms with Crippen LogP contribution in [0, 0.1) is 12.8 Å². The largest absolute Gasteiger partial charge is 0.490 e. The first-order valence-corrected chi connectivity index (χ1v) is 16.8. The monoisotopic (exact) mass is 666 g/mol. The molecule has 0 saturated carbocycles. The summed E-state index contributed by atoms with van der Waals surface area (Å²) in [6.07, 6.45) is 6.13. The molecule has 2 atom stereocenters. The fourth-order valence-electron chi connectivity index (χ4n) is 6.98. The van der Waals surface area contributed by atoms with Gasteiger partial charge >= 0.3 is 5.97 Å². The highest BCUT2D eigenvalue weighted by Gasteiger charge is 2.32. The third kappa shape index (κ3) is 7.64. The predicted molar refractivity (Wildman–Crippen MR) is 184 cm³/mol. The summed E-state index contributed by atoms with van der Waals surface area (Å²) < 4.78 is 8.04. The number of imide groups is 1. The molecule has 0 radical (unpaired) electrons. The molecule has 2 aromatic heterocycles. The highest BCUT2D eigenvalue weighted by Crippen LogP contribution is 2.34. The number of hydrogen-bond donors (Lipinski definition) is 3. The van der Waals surface area contributed by atoms with Crippen LogP contribution >= 0.6 is 0 Å². The molecule has 4 heterocycles. The van der Waals surface area contributed by atoms with Crippen molar-refractivity contribution in [3.05, 3.63) is 71.7 Å². The first-order valence-electron chi connectivity index (χ1n) is 16.8. The molecule has 4 aromatic rings. The highest BCUT2D eigenvalue weighted by atomic mass is 16.5. The summed E-state index contributed by atoms with van der Waals surface area (Å²) in [6, 6.07) is 14.8. The van der Waals surface area contributed by atoms with Crippen molar-refractivity contribution in [1.29, 1.82) is 0 Å². The van der Waals surface area contributed by atoms with E-state index in [4.69, 9.17) is 4.74 Å². The van der Waals surface area contributed by atoms with E-state index >= 15 is 0 Å². The molecule has 2 aliphatic rings. The Bertz CT molecular complexity index is 1900. The number of aromatic carboxylic acids is 1. The number of amides is 3. The lowest BCUT2D eigenvalue weighted by atomic mass is 9.91. The zero-order valence-electron chi connectivity index (χ0n) is 28.1. The summed E-state index contributed by atoms with van der Waals surface area (Å²) in [7, 11) is 1.81. The maximum Gasteiger partial charge on any atom is 0.355 e. The van der Waals surface area contributed by atoms with Crippen LogP contribution in [0.2, 0.25) is 0 Å². The molecule has 0 bridgehead atoms. The fourth-order valence-corrected chi connectivity index (χ4v) is 6.98. The Labute approximate surface area is 284 Å². The lowest BCUT2D eigenvalue weighted by Gasteiger charge is -2.32. The molecule has 256 valence electrons. The molecule has 2 aliphatic heterocycles. The Morgan fingerprint density at radius 3 is 2.61 bits per heavy atom. The van der Waals surface area contributed by atoms with Gasteiger partial charge in [-0.15, -0.1) is 0 Å². The van der Waals surface area contributed by atoms with Gasteiger partial charge in [0.15, 0.2) is 5.69 Å². The molecule has 12 heteroatoms. The van der Waals surface area contributed by atoms with Gasteiger partial charge in [-0.05, 0) is 106 Å². The number of benzene rings is 2. The molecule has 1 unspecified atom stereocenters. The van der Waals surface area contributed by atoms with Crippen molar-refractivity contribution < 1.29 is 29.0 Å². The first kappa shape index (κ1) is 33.8. The average molecular weight is 667 g/mol. The van der Waals surface area contributed by atoms with E-state index in [2.05, 4.69) is 32.5 Å². The van der Waals surface area contributed by atoms with Crippen molar-refractivity contribution in [2.45, 2.75) is 64.4 Å². The predicted octanol–water partition coefficient (Wildman–Crippen LogP) is 5.06. The molecular formula is C37H42N6O6. The van der Waals surface area contributed by atoms with E-state index in [-0.39, 0.29) is 35.9 Å². The molecule has 6 rings (SSSR count). The fraction of sp³-hybridized carbons (Fsp3) is 0.405. The zero-order chi connectivity index (χ0) is 34.7. The van der Waals surface area contributed by atoms with Crippen molar-refractivity contribution >= 4 is 40.3 Å². The number of likely N-dealkylation sites (tertiary alicyclic amines) is 1. The summed E-state index contributed by atoms with van der Waals surface area (Å²) in [5, 5.41) is 20.4. The number of nitrogens with one attached hydrogen (secondary N) is 2. The summed E-state index contributed by atoms with van der Waals surface area (Å²) in [6.45, 7) is 6.02. The first-order chi connectivity index (χ1) is 23.6. The number of carboxylic acids is 1. The van der Waals surface area contributed by atoms with Crippen LogP contribution in [0.15, 0.2) is 54.7 Å². The molecule has 3 amide bonds. The molecule has 3 N–H and O–H groups in total. The molecule has 2 fully saturated rings. The number of rotatable bonds is 11. The van der Waals surface area contributed by atoms with Crippen LogP contribution in [-0.2, 0) is 21.4 Å². The standard InChI is InChI=1S/C37H42N6O6/c1-22(49-31-8-4-6-26(23(31)2)27-7-5-17-38-35(27)37(47)48)9-10-24-15-18-43(19-16-24)21-33(45)39-25-11-12-28-30(20-25)42(3)41-34(28)29-13-14-32(44)40-36(29)46/h4-8,11-12,17,20,22,24,29H,9-10,13-16,18-19,21H2,1-3H3,(H,39,45)(H,47,48)(H,40,44,46)/t22-,29?/m1/s1. The van der Waals surface area contributed by atoms with Crippen LogP contribution in [0.25, 0.3) is 22.0 Å². The van der Waals surface area contributed by atoms with Gasteiger partial charge in [0.1, 0.15) is 5.75 Å². The van der Waals surface area contributed by atoms with Gasteiger partial charge in [0.25, 0.3) is 0 Å². The molecule has 0 aliphatic carbocycles. The Morgan fingerprint density at radius 2 is 1.86 bits per heavy atom. The quantitative estimate of drug-likeness (QED) is 0.186. The Balaban J connectivity index is 0.967. The lowest BCUT2D eigenvalue weighted by Crippen LogP contribution is -2.39. The number of anilines is 1. The Hall–Kier alpha value is -5.10. The van der Waals surface area contributed by atoms with Gasteiger partial charge in [0, 0.05) is 36.3 Å². The number of pyridine rings is 1. The van der Waals surface area contributed by atoms with E-state index in [1.54, 1.807) is 23.9 Å². The van der Waals surface area contributed by atoms with Gasteiger partial charge in [-0.1, -0.05) is 18.2 Å². The third-order valence-corrected chi connectivity index (χ3v) is 9.70. The summed E-state index contributed by atoms with van der Waals surface area (Å²) in [5.41, 5.74) is 4.39. The minimum atomic E-state index is -1.06. The number of ether oxygens (including phenoxy) is 1. The molecule has 2 aromatic carbocycles. The number of nitrogens with zero attached hydrogens (tertiary/aromatic N) is 4. The maximum absolute atomic E-state index is 13.0. The summed E-state index contributed by atoms with van der Waals surface area (Å²) >= 11 is 0. The number of piperidine rings is 2. The SMILES string of the molecule is Cc1c(O[C@H](C)CCC2CCN(CC(=O)Nc3ccc4c(C5CCC(=O)NC5=O)nn(C)c4c3)CC2)cccc1-c1cccnc1C(=O)O.